The number of hydrogen-bond acceptors (Lipinski definition) is 14. The van der Waals surface area contributed by atoms with Gasteiger partial charge in [0.05, 0.1) is 21.2 Å². The van der Waals surface area contributed by atoms with Gasteiger partial charge in [-0.05, 0) is 72.8 Å². The lowest BCUT2D eigenvalue weighted by Crippen LogP contribution is -2.33. The minimum atomic E-state index is -1.13. The highest BCUT2D eigenvalue weighted by atomic mass is 79.9. The topological polar surface area (TPSA) is 255 Å². The number of aromatic nitrogens is 2. The molecule has 2 fully saturated rings. The van der Waals surface area contributed by atoms with Crippen LogP contribution in [0.2, 0.25) is 0 Å². The molecular formula is C36H28Br2N8O9S6. The first-order valence-corrected chi connectivity index (χ1v) is 22.3. The first-order chi connectivity index (χ1) is 28.6. The molecule has 2 saturated heterocycles. The fraction of sp³-hybridized carbons (Fsp3) is 0.0556. The molecule has 2 aromatic heterocycles. The van der Waals surface area contributed by atoms with Gasteiger partial charge in [-0.25, -0.2) is 19.6 Å². The number of thioether (sulfide) groups is 2. The van der Waals surface area contributed by atoms with Crippen molar-refractivity contribution in [1.29, 1.82) is 0 Å². The molecule has 0 atom stereocenters. The van der Waals surface area contributed by atoms with Crippen molar-refractivity contribution in [3.05, 3.63) is 114 Å². The summed E-state index contributed by atoms with van der Waals surface area (Å²) < 4.78 is 2.24. The zero-order chi connectivity index (χ0) is 43.3. The van der Waals surface area contributed by atoms with Gasteiger partial charge in [-0.2, -0.15) is 0 Å². The van der Waals surface area contributed by atoms with E-state index in [1.807, 2.05) is 24.3 Å². The fourth-order valence-corrected chi connectivity index (χ4v) is 8.75. The Balaban J connectivity index is 0.000000264. The van der Waals surface area contributed by atoms with Crippen LogP contribution in [0.4, 0.5) is 31.2 Å². The number of carbonyl (C=O) groups is 6. The van der Waals surface area contributed by atoms with Gasteiger partial charge in [-0.3, -0.25) is 39.6 Å². The van der Waals surface area contributed by atoms with Crippen LogP contribution in [-0.2, 0) is 19.2 Å². The van der Waals surface area contributed by atoms with E-state index in [-0.39, 0.29) is 14.1 Å². The molecule has 4 aromatic rings. The van der Waals surface area contributed by atoms with Crippen LogP contribution in [-0.4, -0.2) is 93.0 Å². The van der Waals surface area contributed by atoms with Gasteiger partial charge in [0.2, 0.25) is 0 Å². The van der Waals surface area contributed by atoms with E-state index in [0.29, 0.717) is 42.8 Å². The van der Waals surface area contributed by atoms with Gasteiger partial charge in [0.15, 0.2) is 10.3 Å². The molecule has 17 nitrogen and oxygen atoms in total. The predicted molar refractivity (Wildman–Crippen MR) is 255 cm³/mol. The number of urea groups is 2. The smallest absolute Gasteiger partial charge is 0.325 e. The lowest BCUT2D eigenvalue weighted by atomic mass is 10.3. The minimum Gasteiger partial charge on any atom is -0.480 e. The standard InChI is InChI=1S/2C18H13BrN4O4S3.H2O/c2*19-10-4-6-11(7-5-10)20-16(27)22-17-21-12(9-29-17)2-1-3-13-15(26)23(8-14(24)25)18(28)30-13;/h2*1-7,9H,8H2,(H,24,25)(H2,20,21,22,27);1H2/b2*2-1+,13-3?;. The van der Waals surface area contributed by atoms with Gasteiger partial charge >= 0.3 is 24.0 Å². The number of halogens is 2. The van der Waals surface area contributed by atoms with E-state index in [0.717, 1.165) is 42.3 Å². The van der Waals surface area contributed by atoms with Crippen molar-refractivity contribution in [1.82, 2.24) is 19.8 Å². The third-order valence-corrected chi connectivity index (χ3v) is 12.5. The molecule has 8 N–H and O–H groups in total. The summed E-state index contributed by atoms with van der Waals surface area (Å²) >= 11 is 21.3. The molecule has 0 spiro atoms. The van der Waals surface area contributed by atoms with Gasteiger partial charge < -0.3 is 26.3 Å². The minimum absolute atomic E-state index is 0. The van der Waals surface area contributed by atoms with Crippen LogP contribution >= 0.6 is 102 Å². The average Bonchev–Trinajstić information content (AvgIpc) is 3.95. The highest BCUT2D eigenvalue weighted by Gasteiger charge is 2.34. The summed E-state index contributed by atoms with van der Waals surface area (Å²) in [5.74, 6) is -3.14. The summed E-state index contributed by atoms with van der Waals surface area (Å²) in [6.45, 7) is -0.926. The maximum atomic E-state index is 12.2. The lowest BCUT2D eigenvalue weighted by molar-refractivity contribution is -0.140. The normalized spacial score (nSPS) is 15.0. The molecule has 4 heterocycles. The number of carboxylic acid groups (broad SMARTS) is 2. The molecule has 316 valence electrons. The van der Waals surface area contributed by atoms with Crippen molar-refractivity contribution in [3.8, 4) is 0 Å². The van der Waals surface area contributed by atoms with Crippen LogP contribution in [0, 0.1) is 0 Å². The Morgan fingerprint density at radius 2 is 1.00 bits per heavy atom. The van der Waals surface area contributed by atoms with Crippen LogP contribution in [0.15, 0.2) is 102 Å². The fourth-order valence-electron chi connectivity index (χ4n) is 4.47. The number of amides is 6. The second-order valence-corrected chi connectivity index (χ2v) is 18.3. The van der Waals surface area contributed by atoms with E-state index < -0.39 is 48.9 Å². The van der Waals surface area contributed by atoms with Crippen molar-refractivity contribution in [2.24, 2.45) is 0 Å². The Bertz CT molecular complexity index is 2300. The summed E-state index contributed by atoms with van der Waals surface area (Å²) in [5, 5.41) is 32.7. The number of thiazole rings is 2. The third-order valence-electron chi connectivity index (χ3n) is 7.05. The molecule has 0 aliphatic carbocycles. The molecule has 0 bridgehead atoms. The van der Waals surface area contributed by atoms with Crippen LogP contribution in [0.5, 0.6) is 0 Å². The Morgan fingerprint density at radius 3 is 1.34 bits per heavy atom. The second-order valence-electron chi connectivity index (χ2n) is 11.4. The molecule has 0 radical (unpaired) electrons. The highest BCUT2D eigenvalue weighted by Crippen LogP contribution is 2.32. The van der Waals surface area contributed by atoms with Crippen LogP contribution in [0.3, 0.4) is 0 Å². The Morgan fingerprint density at radius 1 is 0.639 bits per heavy atom. The zero-order valence-electron chi connectivity index (χ0n) is 30.5. The molecule has 0 unspecified atom stereocenters. The van der Waals surface area contributed by atoms with E-state index in [2.05, 4.69) is 63.1 Å². The first-order valence-electron chi connectivity index (χ1n) is 16.5. The largest absolute Gasteiger partial charge is 0.480 e. The van der Waals surface area contributed by atoms with Crippen LogP contribution < -0.4 is 21.3 Å². The number of hydrogen-bond donors (Lipinski definition) is 6. The van der Waals surface area contributed by atoms with Gasteiger partial charge in [0.25, 0.3) is 11.8 Å². The maximum Gasteiger partial charge on any atom is 0.325 e. The number of nitrogens with zero attached hydrogens (tertiary/aromatic N) is 4. The van der Waals surface area contributed by atoms with Gasteiger partial charge in [0, 0.05) is 31.1 Å². The number of thiocarbonyl (C=S) groups is 2. The number of carboxylic acids is 2. The quantitative estimate of drug-likeness (QED) is 0.0582. The number of carbonyl (C=O) groups excluding carboxylic acids is 4. The van der Waals surface area contributed by atoms with Gasteiger partial charge in [-0.1, -0.05) is 92.0 Å². The van der Waals surface area contributed by atoms with E-state index in [1.54, 1.807) is 71.5 Å². The molecule has 2 aliphatic heterocycles. The number of aliphatic carboxylic acids is 2. The molecule has 0 saturated carbocycles. The van der Waals surface area contributed by atoms with E-state index in [9.17, 15) is 28.8 Å². The monoisotopic (exact) mass is 1070 g/mol. The molecule has 2 aliphatic rings. The van der Waals surface area contributed by atoms with Crippen molar-refractivity contribution >= 4 is 181 Å². The molecule has 6 rings (SSSR count). The number of rotatable bonds is 12. The number of anilines is 4. The number of allylic oxidation sites excluding steroid dienone is 4. The molecule has 61 heavy (non-hydrogen) atoms. The highest BCUT2D eigenvalue weighted by molar-refractivity contribution is 9.10. The van der Waals surface area contributed by atoms with Gasteiger partial charge in [0.1, 0.15) is 21.7 Å². The summed E-state index contributed by atoms with van der Waals surface area (Å²) in [6, 6.07) is 13.5. The maximum absolute atomic E-state index is 12.2. The molecule has 6 amide bonds. The summed E-state index contributed by atoms with van der Waals surface area (Å²) in [6.07, 6.45) is 9.67. The van der Waals surface area contributed by atoms with E-state index in [1.165, 1.54) is 22.7 Å². The van der Waals surface area contributed by atoms with E-state index in [4.69, 9.17) is 34.6 Å². The van der Waals surface area contributed by atoms with Crippen molar-refractivity contribution in [2.45, 2.75) is 0 Å². The number of nitrogens with one attached hydrogen (secondary N) is 4. The van der Waals surface area contributed by atoms with E-state index >= 15 is 0 Å². The predicted octanol–water partition coefficient (Wildman–Crippen LogP) is 7.96. The van der Waals surface area contributed by atoms with Crippen LogP contribution in [0.25, 0.3) is 12.2 Å². The molecule has 2 aromatic carbocycles. The summed E-state index contributed by atoms with van der Waals surface area (Å²) in [7, 11) is 0. The zero-order valence-corrected chi connectivity index (χ0v) is 38.6. The summed E-state index contributed by atoms with van der Waals surface area (Å²) in [5.41, 5.74) is 2.48. The molecular weight excluding hydrogens is 1040 g/mol. The number of benzene rings is 2. The Labute approximate surface area is 390 Å². The third kappa shape index (κ3) is 15.1. The Hall–Kier alpha value is -5.12. The Kier molecular flexibility index (Phi) is 18.5. The van der Waals surface area contributed by atoms with Gasteiger partial charge in [-0.15, -0.1) is 22.7 Å². The van der Waals surface area contributed by atoms with Crippen molar-refractivity contribution in [3.63, 3.8) is 0 Å². The van der Waals surface area contributed by atoms with Crippen LogP contribution in [0.1, 0.15) is 11.4 Å². The molecule has 25 heteroatoms. The van der Waals surface area contributed by atoms with Crippen molar-refractivity contribution < 1.29 is 44.5 Å². The average molecular weight is 1070 g/mol. The summed E-state index contributed by atoms with van der Waals surface area (Å²) in [4.78, 5) is 81.3. The lowest BCUT2D eigenvalue weighted by Gasteiger charge is -2.09. The SMILES string of the molecule is O.O=C(O)CN1C(=O)C(=C/C=C/c2csc(NC(=O)Nc3ccc(Br)cc3)n2)SC1=S.O=C(O)CN1C(=O)C(=C/C=C/c2csc(NC(=O)Nc3ccc(Br)cc3)n2)SC1=S. The first kappa shape index (κ1) is 48.5. The second kappa shape index (κ2) is 23.2. The van der Waals surface area contributed by atoms with Crippen molar-refractivity contribution in [2.75, 3.05) is 34.4 Å².